The molecule has 2 aliphatic rings. The van der Waals surface area contributed by atoms with Crippen LogP contribution in [0.3, 0.4) is 0 Å². The minimum atomic E-state index is 0.685. The summed E-state index contributed by atoms with van der Waals surface area (Å²) in [7, 11) is 2.26. The summed E-state index contributed by atoms with van der Waals surface area (Å²) >= 11 is 0. The molecule has 1 unspecified atom stereocenters. The Bertz CT molecular complexity index is 481. The second-order valence-corrected chi connectivity index (χ2v) is 6.78. The molecule has 1 saturated carbocycles. The molecule has 2 fully saturated rings. The number of benzene rings is 1. The number of hydrogen-bond donors (Lipinski definition) is 1. The first-order valence-corrected chi connectivity index (χ1v) is 8.45. The lowest BCUT2D eigenvalue weighted by Crippen LogP contribution is -2.51. The fraction of sp³-hybridized carbons (Fsp3) is 0.667. The van der Waals surface area contributed by atoms with Crippen LogP contribution in [0, 0.1) is 6.92 Å². The average Bonchev–Trinajstić information content (AvgIpc) is 3.30. The number of rotatable bonds is 5. The van der Waals surface area contributed by atoms with Crippen molar-refractivity contribution >= 4 is 5.69 Å². The van der Waals surface area contributed by atoms with Crippen LogP contribution in [0.5, 0.6) is 0 Å². The first-order valence-electron chi connectivity index (χ1n) is 8.45. The molecular formula is C18H29N3. The molecule has 1 saturated heterocycles. The highest BCUT2D eigenvalue weighted by Gasteiger charge is 2.25. The van der Waals surface area contributed by atoms with Gasteiger partial charge in [0, 0.05) is 44.0 Å². The molecule has 21 heavy (non-hydrogen) atoms. The van der Waals surface area contributed by atoms with Crippen molar-refractivity contribution in [1.29, 1.82) is 0 Å². The van der Waals surface area contributed by atoms with Gasteiger partial charge in [0.2, 0.25) is 0 Å². The highest BCUT2D eigenvalue weighted by atomic mass is 15.3. The van der Waals surface area contributed by atoms with Gasteiger partial charge in [-0.1, -0.05) is 24.6 Å². The first kappa shape index (κ1) is 14.9. The lowest BCUT2D eigenvalue weighted by molar-refractivity contribution is 0.213. The third-order valence-electron chi connectivity index (χ3n) is 4.98. The fourth-order valence-electron chi connectivity index (χ4n) is 3.31. The zero-order valence-electron chi connectivity index (χ0n) is 13.7. The maximum absolute atomic E-state index is 3.68. The van der Waals surface area contributed by atoms with Crippen molar-refractivity contribution < 1.29 is 0 Å². The highest BCUT2D eigenvalue weighted by Crippen LogP contribution is 2.27. The van der Waals surface area contributed by atoms with E-state index in [2.05, 4.69) is 54.2 Å². The number of hydrogen-bond acceptors (Lipinski definition) is 3. The third kappa shape index (κ3) is 3.58. The van der Waals surface area contributed by atoms with Crippen LogP contribution in [0.2, 0.25) is 0 Å². The molecule has 0 radical (unpaired) electrons. The van der Waals surface area contributed by atoms with Crippen molar-refractivity contribution in [3.63, 3.8) is 0 Å². The average molecular weight is 287 g/mol. The van der Waals surface area contributed by atoms with Gasteiger partial charge in [-0.3, -0.25) is 4.90 Å². The van der Waals surface area contributed by atoms with E-state index in [0.717, 1.165) is 25.7 Å². The van der Waals surface area contributed by atoms with Gasteiger partial charge in [0.05, 0.1) is 0 Å². The summed E-state index contributed by atoms with van der Waals surface area (Å²) in [6.07, 6.45) is 3.94. The molecule has 0 aromatic heterocycles. The normalized spacial score (nSPS) is 23.6. The number of anilines is 1. The monoisotopic (exact) mass is 287 g/mol. The van der Waals surface area contributed by atoms with E-state index in [1.165, 1.54) is 42.6 Å². The SMILES string of the molecule is CCC1CN(c2ccc(C)cc2CNC2CC2)CCN1C. The maximum Gasteiger partial charge on any atom is 0.0413 e. The fourth-order valence-corrected chi connectivity index (χ4v) is 3.31. The Kier molecular flexibility index (Phi) is 4.51. The largest absolute Gasteiger partial charge is 0.368 e. The Morgan fingerprint density at radius 3 is 2.76 bits per heavy atom. The molecule has 3 nitrogen and oxygen atoms in total. The number of aryl methyl sites for hydroxylation is 1. The Morgan fingerprint density at radius 2 is 2.05 bits per heavy atom. The van der Waals surface area contributed by atoms with Crippen LogP contribution in [-0.2, 0) is 6.54 Å². The van der Waals surface area contributed by atoms with Gasteiger partial charge in [-0.15, -0.1) is 0 Å². The smallest absolute Gasteiger partial charge is 0.0413 e. The molecule has 1 aromatic rings. The first-order chi connectivity index (χ1) is 10.2. The van der Waals surface area contributed by atoms with E-state index in [9.17, 15) is 0 Å². The third-order valence-corrected chi connectivity index (χ3v) is 4.98. The highest BCUT2D eigenvalue weighted by molar-refractivity contribution is 5.55. The maximum atomic E-state index is 3.68. The van der Waals surface area contributed by atoms with Gasteiger partial charge in [-0.2, -0.15) is 0 Å². The molecule has 0 spiro atoms. The van der Waals surface area contributed by atoms with E-state index in [1.807, 2.05) is 0 Å². The van der Waals surface area contributed by atoms with Gasteiger partial charge in [0.25, 0.3) is 0 Å². The zero-order chi connectivity index (χ0) is 14.8. The quantitative estimate of drug-likeness (QED) is 0.898. The van der Waals surface area contributed by atoms with Crippen molar-refractivity contribution in [2.24, 2.45) is 0 Å². The van der Waals surface area contributed by atoms with E-state index in [4.69, 9.17) is 0 Å². The van der Waals surface area contributed by atoms with E-state index in [0.29, 0.717) is 6.04 Å². The summed E-state index contributed by atoms with van der Waals surface area (Å²) in [6.45, 7) is 8.99. The van der Waals surface area contributed by atoms with E-state index < -0.39 is 0 Å². The minimum absolute atomic E-state index is 0.685. The molecular weight excluding hydrogens is 258 g/mol. The molecule has 1 aromatic carbocycles. The van der Waals surface area contributed by atoms with Gasteiger partial charge in [0.1, 0.15) is 0 Å². The Morgan fingerprint density at radius 1 is 1.24 bits per heavy atom. The van der Waals surface area contributed by atoms with Crippen LogP contribution in [0.15, 0.2) is 18.2 Å². The van der Waals surface area contributed by atoms with Gasteiger partial charge >= 0.3 is 0 Å². The number of likely N-dealkylation sites (N-methyl/N-ethyl adjacent to an activating group) is 1. The summed E-state index contributed by atoms with van der Waals surface area (Å²) in [6, 6.07) is 8.41. The van der Waals surface area contributed by atoms with Crippen LogP contribution >= 0.6 is 0 Å². The molecule has 1 aliphatic heterocycles. The van der Waals surface area contributed by atoms with Crippen LogP contribution in [0.1, 0.15) is 37.3 Å². The minimum Gasteiger partial charge on any atom is -0.368 e. The van der Waals surface area contributed by atoms with E-state index >= 15 is 0 Å². The van der Waals surface area contributed by atoms with Gasteiger partial charge in [0.15, 0.2) is 0 Å². The van der Waals surface area contributed by atoms with Crippen molar-refractivity contribution in [2.75, 3.05) is 31.6 Å². The van der Waals surface area contributed by atoms with E-state index in [1.54, 1.807) is 0 Å². The Hall–Kier alpha value is -1.06. The molecule has 3 heteroatoms. The summed E-state index contributed by atoms with van der Waals surface area (Å²) in [4.78, 5) is 5.10. The predicted octanol–water partition coefficient (Wildman–Crippen LogP) is 2.78. The molecule has 1 N–H and O–H groups in total. The number of nitrogens with one attached hydrogen (secondary N) is 1. The number of piperazine rings is 1. The van der Waals surface area contributed by atoms with Crippen LogP contribution in [-0.4, -0.2) is 43.7 Å². The summed E-state index contributed by atoms with van der Waals surface area (Å²) < 4.78 is 0. The van der Waals surface area contributed by atoms with Gasteiger partial charge in [-0.25, -0.2) is 0 Å². The molecule has 0 bridgehead atoms. The predicted molar refractivity (Wildman–Crippen MR) is 90.0 cm³/mol. The van der Waals surface area contributed by atoms with Crippen molar-refractivity contribution in [3.8, 4) is 0 Å². The second kappa shape index (κ2) is 6.37. The Labute approximate surface area is 129 Å². The molecule has 0 amide bonds. The Balaban J connectivity index is 1.76. The van der Waals surface area contributed by atoms with E-state index in [-0.39, 0.29) is 0 Å². The summed E-state index contributed by atoms with van der Waals surface area (Å²) in [5.74, 6) is 0. The van der Waals surface area contributed by atoms with Crippen LogP contribution in [0.25, 0.3) is 0 Å². The van der Waals surface area contributed by atoms with Crippen molar-refractivity contribution in [3.05, 3.63) is 29.3 Å². The van der Waals surface area contributed by atoms with Crippen molar-refractivity contribution in [1.82, 2.24) is 10.2 Å². The molecule has 3 rings (SSSR count). The second-order valence-electron chi connectivity index (χ2n) is 6.78. The number of nitrogens with zero attached hydrogens (tertiary/aromatic N) is 2. The summed E-state index contributed by atoms with van der Waals surface area (Å²) in [5.41, 5.74) is 4.29. The van der Waals surface area contributed by atoms with Crippen LogP contribution in [0.4, 0.5) is 5.69 Å². The molecule has 1 atom stereocenters. The van der Waals surface area contributed by atoms with Crippen molar-refractivity contribution in [2.45, 2.75) is 51.7 Å². The van der Waals surface area contributed by atoms with Gasteiger partial charge in [-0.05, 0) is 44.9 Å². The van der Waals surface area contributed by atoms with Gasteiger partial charge < -0.3 is 10.2 Å². The van der Waals surface area contributed by atoms with Crippen LogP contribution < -0.4 is 10.2 Å². The zero-order valence-corrected chi connectivity index (χ0v) is 13.7. The molecule has 116 valence electrons. The molecule has 1 heterocycles. The lowest BCUT2D eigenvalue weighted by Gasteiger charge is -2.41. The lowest BCUT2D eigenvalue weighted by atomic mass is 10.0. The summed E-state index contributed by atoms with van der Waals surface area (Å²) in [5, 5.41) is 3.68. The standard InChI is InChI=1S/C18H29N3/c1-4-17-13-21(10-9-20(17)3)18-8-5-14(2)11-15(18)12-19-16-6-7-16/h5,8,11,16-17,19H,4,6-7,9-10,12-13H2,1-3H3. The molecule has 1 aliphatic carbocycles. The topological polar surface area (TPSA) is 18.5 Å².